The van der Waals surface area contributed by atoms with Gasteiger partial charge in [0.05, 0.1) is 23.6 Å². The molecule has 88 valence electrons. The Morgan fingerprint density at radius 3 is 2.71 bits per heavy atom. The molecule has 0 radical (unpaired) electrons. The minimum atomic E-state index is 0.505. The Bertz CT molecular complexity index is 528. The van der Waals surface area contributed by atoms with Gasteiger partial charge in [0.1, 0.15) is 11.0 Å². The van der Waals surface area contributed by atoms with Crippen LogP contribution in [0, 0.1) is 13.8 Å². The number of pyridine rings is 1. The van der Waals surface area contributed by atoms with Gasteiger partial charge in [-0.2, -0.15) is 0 Å². The summed E-state index contributed by atoms with van der Waals surface area (Å²) in [5, 5.41) is 3.78. The molecule has 0 spiro atoms. The van der Waals surface area contributed by atoms with Crippen LogP contribution in [0.25, 0.3) is 0 Å². The topological polar surface area (TPSA) is 50.7 Å². The van der Waals surface area contributed by atoms with E-state index in [1.807, 2.05) is 26.0 Å². The van der Waals surface area contributed by atoms with E-state index in [1.165, 1.54) is 0 Å². The van der Waals surface area contributed by atoms with Crippen LogP contribution in [0.1, 0.15) is 17.2 Å². The van der Waals surface area contributed by atoms with Crippen LogP contribution in [0.4, 0.5) is 5.69 Å². The van der Waals surface area contributed by atoms with E-state index in [-0.39, 0.29) is 0 Å². The van der Waals surface area contributed by atoms with Gasteiger partial charge in [0, 0.05) is 6.20 Å². The Labute approximate surface area is 105 Å². The number of anilines is 1. The van der Waals surface area contributed by atoms with Gasteiger partial charge in [-0.15, -0.1) is 0 Å². The van der Waals surface area contributed by atoms with Crippen LogP contribution in [0.3, 0.4) is 0 Å². The molecule has 1 N–H and O–H groups in total. The molecule has 2 aromatic heterocycles. The van der Waals surface area contributed by atoms with Gasteiger partial charge in [0.15, 0.2) is 0 Å². The molecule has 0 aliphatic rings. The molecule has 0 fully saturated rings. The number of aromatic nitrogens is 3. The predicted octanol–water partition coefficient (Wildman–Crippen LogP) is 2.75. The molecule has 0 unspecified atom stereocenters. The minimum absolute atomic E-state index is 0.505. The third-order valence-electron chi connectivity index (χ3n) is 2.35. The lowest BCUT2D eigenvalue weighted by Gasteiger charge is -2.08. The van der Waals surface area contributed by atoms with Crippen molar-refractivity contribution >= 4 is 17.3 Å². The molecule has 0 atom stereocenters. The van der Waals surface area contributed by atoms with Crippen LogP contribution in [0.15, 0.2) is 24.4 Å². The van der Waals surface area contributed by atoms with E-state index in [4.69, 9.17) is 11.6 Å². The van der Waals surface area contributed by atoms with Crippen LogP contribution >= 0.6 is 11.6 Å². The van der Waals surface area contributed by atoms with Gasteiger partial charge < -0.3 is 5.32 Å². The summed E-state index contributed by atoms with van der Waals surface area (Å²) < 4.78 is 0. The fourth-order valence-corrected chi connectivity index (χ4v) is 1.70. The van der Waals surface area contributed by atoms with E-state index in [0.29, 0.717) is 11.7 Å². The summed E-state index contributed by atoms with van der Waals surface area (Å²) in [7, 11) is 0. The van der Waals surface area contributed by atoms with Crippen LogP contribution in [-0.4, -0.2) is 15.0 Å². The van der Waals surface area contributed by atoms with Crippen molar-refractivity contribution in [2.75, 3.05) is 5.32 Å². The molecular weight excluding hydrogens is 236 g/mol. The zero-order chi connectivity index (χ0) is 12.3. The van der Waals surface area contributed by atoms with Crippen molar-refractivity contribution < 1.29 is 0 Å². The first-order valence-corrected chi connectivity index (χ1v) is 5.68. The molecule has 0 saturated heterocycles. The molecule has 17 heavy (non-hydrogen) atoms. The Morgan fingerprint density at radius 1 is 1.18 bits per heavy atom. The normalized spacial score (nSPS) is 10.3. The van der Waals surface area contributed by atoms with Crippen molar-refractivity contribution in [2.45, 2.75) is 20.4 Å². The average molecular weight is 249 g/mol. The summed E-state index contributed by atoms with van der Waals surface area (Å²) in [6.45, 7) is 4.44. The first-order chi connectivity index (χ1) is 8.15. The van der Waals surface area contributed by atoms with Crippen molar-refractivity contribution in [2.24, 2.45) is 0 Å². The van der Waals surface area contributed by atoms with Gasteiger partial charge >= 0.3 is 0 Å². The molecule has 0 bridgehead atoms. The second-order valence-corrected chi connectivity index (χ2v) is 4.10. The number of nitrogens with zero attached hydrogens (tertiary/aromatic N) is 3. The van der Waals surface area contributed by atoms with Crippen molar-refractivity contribution in [3.63, 3.8) is 0 Å². The van der Waals surface area contributed by atoms with Crippen molar-refractivity contribution in [3.8, 4) is 0 Å². The highest BCUT2D eigenvalue weighted by atomic mass is 35.5. The van der Waals surface area contributed by atoms with Crippen molar-refractivity contribution in [3.05, 3.63) is 46.8 Å². The molecule has 0 amide bonds. The molecule has 0 aliphatic carbocycles. The summed E-state index contributed by atoms with van der Waals surface area (Å²) >= 11 is 5.80. The Kier molecular flexibility index (Phi) is 3.54. The van der Waals surface area contributed by atoms with Gasteiger partial charge in [-0.1, -0.05) is 11.6 Å². The summed E-state index contributed by atoms with van der Waals surface area (Å²) in [5.74, 6) is 0.773. The van der Waals surface area contributed by atoms with Gasteiger partial charge in [0.2, 0.25) is 0 Å². The maximum atomic E-state index is 5.80. The highest BCUT2D eigenvalue weighted by molar-refractivity contribution is 6.29. The van der Waals surface area contributed by atoms with Crippen LogP contribution in [-0.2, 0) is 6.54 Å². The molecule has 0 aromatic carbocycles. The maximum absolute atomic E-state index is 5.80. The van der Waals surface area contributed by atoms with E-state index in [0.717, 1.165) is 22.9 Å². The average Bonchev–Trinajstić information content (AvgIpc) is 2.28. The monoisotopic (exact) mass is 248 g/mol. The number of nitrogens with one attached hydrogen (secondary N) is 1. The van der Waals surface area contributed by atoms with Gasteiger partial charge in [0.25, 0.3) is 0 Å². The predicted molar refractivity (Wildman–Crippen MR) is 68.1 cm³/mol. The van der Waals surface area contributed by atoms with Gasteiger partial charge in [-0.3, -0.25) is 0 Å². The Hall–Kier alpha value is -1.68. The lowest BCUT2D eigenvalue weighted by Crippen LogP contribution is -2.05. The smallest absolute Gasteiger partial charge is 0.129 e. The summed E-state index contributed by atoms with van der Waals surface area (Å²) in [6.07, 6.45) is 1.76. The molecule has 0 saturated carbocycles. The van der Waals surface area contributed by atoms with Crippen molar-refractivity contribution in [1.82, 2.24) is 15.0 Å². The highest BCUT2D eigenvalue weighted by Crippen LogP contribution is 2.16. The second-order valence-electron chi connectivity index (χ2n) is 3.72. The number of hydrogen-bond acceptors (Lipinski definition) is 4. The molecule has 0 aliphatic heterocycles. The largest absolute Gasteiger partial charge is 0.378 e. The number of aryl methyl sites for hydroxylation is 2. The number of rotatable bonds is 3. The number of halogens is 1. The fourth-order valence-electron chi connectivity index (χ4n) is 1.51. The SMILES string of the molecule is Cc1nccc(CNc2ccc(Cl)nc2C)n1. The lowest BCUT2D eigenvalue weighted by molar-refractivity contribution is 0.952. The minimum Gasteiger partial charge on any atom is -0.378 e. The molecule has 2 rings (SSSR count). The third kappa shape index (κ3) is 3.14. The molecule has 2 heterocycles. The Balaban J connectivity index is 2.07. The number of hydrogen-bond donors (Lipinski definition) is 1. The van der Waals surface area contributed by atoms with E-state index in [1.54, 1.807) is 12.3 Å². The van der Waals surface area contributed by atoms with Crippen molar-refractivity contribution in [1.29, 1.82) is 0 Å². The van der Waals surface area contributed by atoms with E-state index >= 15 is 0 Å². The van der Waals surface area contributed by atoms with E-state index in [9.17, 15) is 0 Å². The third-order valence-corrected chi connectivity index (χ3v) is 2.56. The summed E-state index contributed by atoms with van der Waals surface area (Å²) in [6, 6.07) is 5.57. The summed E-state index contributed by atoms with van der Waals surface area (Å²) in [4.78, 5) is 12.5. The first kappa shape index (κ1) is 11.8. The second kappa shape index (κ2) is 5.10. The molecule has 2 aromatic rings. The maximum Gasteiger partial charge on any atom is 0.129 e. The summed E-state index contributed by atoms with van der Waals surface area (Å²) in [5.41, 5.74) is 2.79. The Morgan fingerprint density at radius 2 is 2.00 bits per heavy atom. The highest BCUT2D eigenvalue weighted by Gasteiger charge is 2.01. The quantitative estimate of drug-likeness (QED) is 0.849. The van der Waals surface area contributed by atoms with E-state index < -0.39 is 0 Å². The molecule has 5 heteroatoms. The molecular formula is C12H13ClN4. The molecule has 4 nitrogen and oxygen atoms in total. The van der Waals surface area contributed by atoms with Gasteiger partial charge in [-0.05, 0) is 32.0 Å². The lowest BCUT2D eigenvalue weighted by atomic mass is 10.3. The van der Waals surface area contributed by atoms with Crippen LogP contribution in [0.2, 0.25) is 5.15 Å². The van der Waals surface area contributed by atoms with E-state index in [2.05, 4.69) is 20.3 Å². The fraction of sp³-hybridized carbons (Fsp3) is 0.250. The standard InChI is InChI=1S/C12H13ClN4/c1-8-11(3-4-12(13)16-8)15-7-10-5-6-14-9(2)17-10/h3-6,15H,7H2,1-2H3. The zero-order valence-electron chi connectivity index (χ0n) is 9.74. The van der Waals surface area contributed by atoms with Crippen LogP contribution in [0.5, 0.6) is 0 Å². The van der Waals surface area contributed by atoms with Crippen LogP contribution < -0.4 is 5.32 Å². The first-order valence-electron chi connectivity index (χ1n) is 5.31. The van der Waals surface area contributed by atoms with Gasteiger partial charge in [-0.25, -0.2) is 15.0 Å². The zero-order valence-corrected chi connectivity index (χ0v) is 10.5.